The molecule has 0 saturated carbocycles. The number of ether oxygens (including phenoxy) is 1. The quantitative estimate of drug-likeness (QED) is 0.625. The first kappa shape index (κ1) is 19.8. The van der Waals surface area contributed by atoms with E-state index < -0.39 is 0 Å². The zero-order chi connectivity index (χ0) is 20.2. The summed E-state index contributed by atoms with van der Waals surface area (Å²) in [6, 6.07) is 11.7. The van der Waals surface area contributed by atoms with Crippen molar-refractivity contribution in [3.63, 3.8) is 0 Å². The Kier molecular flexibility index (Phi) is 6.10. The van der Waals surface area contributed by atoms with Gasteiger partial charge in [-0.25, -0.2) is 4.39 Å². The summed E-state index contributed by atoms with van der Waals surface area (Å²) >= 11 is 0. The molecule has 1 N–H and O–H groups in total. The molecule has 0 unspecified atom stereocenters. The summed E-state index contributed by atoms with van der Waals surface area (Å²) in [5, 5.41) is 4.47. The third-order valence-electron chi connectivity index (χ3n) is 6.10. The molecular formula is C25H29FN2O. The highest BCUT2D eigenvalue weighted by atomic mass is 19.1. The summed E-state index contributed by atoms with van der Waals surface area (Å²) in [5.74, 6) is 1.53. The molecule has 2 heterocycles. The number of fused-ring (bicyclic) bond motifs is 1. The Morgan fingerprint density at radius 3 is 2.66 bits per heavy atom. The second-order valence-corrected chi connectivity index (χ2v) is 8.15. The molecule has 1 aliphatic heterocycles. The van der Waals surface area contributed by atoms with E-state index in [0.717, 1.165) is 53.2 Å². The molecule has 1 saturated heterocycles. The van der Waals surface area contributed by atoms with E-state index in [1.807, 2.05) is 31.3 Å². The lowest BCUT2D eigenvalue weighted by molar-refractivity contribution is 0.351. The van der Waals surface area contributed by atoms with Gasteiger partial charge >= 0.3 is 0 Å². The van der Waals surface area contributed by atoms with E-state index in [2.05, 4.69) is 22.4 Å². The van der Waals surface area contributed by atoms with Gasteiger partial charge in [0.1, 0.15) is 11.6 Å². The molecule has 0 atom stereocenters. The molecule has 0 amide bonds. The third kappa shape index (κ3) is 4.59. The molecule has 4 heteroatoms. The van der Waals surface area contributed by atoms with Crippen LogP contribution in [0.1, 0.15) is 41.5 Å². The smallest absolute Gasteiger partial charge is 0.126 e. The summed E-state index contributed by atoms with van der Waals surface area (Å²) in [6.45, 7) is 4.16. The van der Waals surface area contributed by atoms with Gasteiger partial charge in [-0.05, 0) is 98.1 Å². The van der Waals surface area contributed by atoms with Crippen LogP contribution in [0.3, 0.4) is 0 Å². The maximum atomic E-state index is 14.4. The Morgan fingerprint density at radius 1 is 1.07 bits per heavy atom. The van der Waals surface area contributed by atoms with Crippen molar-refractivity contribution >= 4 is 10.9 Å². The minimum atomic E-state index is -0.152. The van der Waals surface area contributed by atoms with E-state index in [4.69, 9.17) is 4.74 Å². The predicted molar refractivity (Wildman–Crippen MR) is 116 cm³/mol. The summed E-state index contributed by atoms with van der Waals surface area (Å²) in [6.07, 6.45) is 7.05. The van der Waals surface area contributed by atoms with Crippen LogP contribution in [0, 0.1) is 18.7 Å². The van der Waals surface area contributed by atoms with Crippen molar-refractivity contribution in [2.75, 3.05) is 20.2 Å². The Balaban J connectivity index is 1.62. The summed E-state index contributed by atoms with van der Waals surface area (Å²) < 4.78 is 20.1. The number of methoxy groups -OCH3 is 1. The molecule has 0 aliphatic carbocycles. The Bertz CT molecular complexity index is 996. The zero-order valence-electron chi connectivity index (χ0n) is 17.3. The lowest BCUT2D eigenvalue weighted by atomic mass is 9.90. The van der Waals surface area contributed by atoms with Crippen molar-refractivity contribution in [3.8, 4) is 5.75 Å². The summed E-state index contributed by atoms with van der Waals surface area (Å²) in [5.41, 5.74) is 4.88. The zero-order valence-corrected chi connectivity index (χ0v) is 17.3. The maximum Gasteiger partial charge on any atom is 0.126 e. The molecule has 1 aliphatic rings. The van der Waals surface area contributed by atoms with Gasteiger partial charge in [0, 0.05) is 18.0 Å². The molecule has 29 heavy (non-hydrogen) atoms. The van der Waals surface area contributed by atoms with E-state index >= 15 is 0 Å². The second kappa shape index (κ2) is 8.91. The highest BCUT2D eigenvalue weighted by molar-refractivity contribution is 5.85. The average molecular weight is 393 g/mol. The van der Waals surface area contributed by atoms with Crippen LogP contribution in [0.2, 0.25) is 0 Å². The fraction of sp³-hybridized carbons (Fsp3) is 0.400. The van der Waals surface area contributed by atoms with Crippen LogP contribution in [-0.2, 0) is 12.8 Å². The average Bonchev–Trinajstić information content (AvgIpc) is 2.74. The number of hydrogen-bond acceptors (Lipinski definition) is 3. The Morgan fingerprint density at radius 2 is 1.90 bits per heavy atom. The van der Waals surface area contributed by atoms with Crippen molar-refractivity contribution in [3.05, 3.63) is 70.7 Å². The number of benzene rings is 2. The highest BCUT2D eigenvalue weighted by Crippen LogP contribution is 2.31. The summed E-state index contributed by atoms with van der Waals surface area (Å²) in [7, 11) is 1.73. The topological polar surface area (TPSA) is 34.1 Å². The number of aromatic nitrogens is 1. The van der Waals surface area contributed by atoms with E-state index in [1.54, 1.807) is 13.2 Å². The Hall–Kier alpha value is -2.46. The molecule has 1 aromatic heterocycles. The molecule has 4 rings (SSSR count). The summed E-state index contributed by atoms with van der Waals surface area (Å²) in [4.78, 5) is 4.59. The molecule has 0 spiro atoms. The van der Waals surface area contributed by atoms with Gasteiger partial charge in [0.2, 0.25) is 0 Å². The van der Waals surface area contributed by atoms with Crippen LogP contribution >= 0.6 is 0 Å². The molecular weight excluding hydrogens is 363 g/mol. The van der Waals surface area contributed by atoms with Gasteiger partial charge in [-0.15, -0.1) is 0 Å². The number of aryl methyl sites for hydroxylation is 2. The molecule has 3 aromatic rings. The Labute approximate surface area is 172 Å². The first-order valence-electron chi connectivity index (χ1n) is 10.5. The van der Waals surface area contributed by atoms with Crippen LogP contribution in [0.25, 0.3) is 10.9 Å². The molecule has 1 fully saturated rings. The van der Waals surface area contributed by atoms with E-state index in [9.17, 15) is 4.39 Å². The van der Waals surface area contributed by atoms with Gasteiger partial charge < -0.3 is 10.1 Å². The van der Waals surface area contributed by atoms with E-state index in [0.29, 0.717) is 12.0 Å². The minimum Gasteiger partial charge on any atom is -0.496 e. The monoisotopic (exact) mass is 392 g/mol. The fourth-order valence-corrected chi connectivity index (χ4v) is 4.34. The first-order chi connectivity index (χ1) is 14.1. The number of piperidine rings is 1. The van der Waals surface area contributed by atoms with Crippen LogP contribution in [0.5, 0.6) is 5.75 Å². The van der Waals surface area contributed by atoms with Gasteiger partial charge in [0.05, 0.1) is 12.6 Å². The predicted octanol–water partition coefficient (Wildman–Crippen LogP) is 5.21. The lowest BCUT2D eigenvalue weighted by Crippen LogP contribution is -2.27. The second-order valence-electron chi connectivity index (χ2n) is 8.15. The van der Waals surface area contributed by atoms with Gasteiger partial charge in [-0.3, -0.25) is 4.98 Å². The number of hydrogen-bond donors (Lipinski definition) is 1. The number of nitrogens with zero attached hydrogens (tertiary/aromatic N) is 1. The number of nitrogens with one attached hydrogen (secondary N) is 1. The molecule has 152 valence electrons. The van der Waals surface area contributed by atoms with Crippen LogP contribution in [0.4, 0.5) is 4.39 Å². The molecule has 0 radical (unpaired) electrons. The van der Waals surface area contributed by atoms with E-state index in [1.165, 1.54) is 24.8 Å². The van der Waals surface area contributed by atoms with Gasteiger partial charge in [0.15, 0.2) is 0 Å². The molecule has 2 aromatic carbocycles. The van der Waals surface area contributed by atoms with Crippen molar-refractivity contribution in [1.29, 1.82) is 0 Å². The first-order valence-corrected chi connectivity index (χ1v) is 10.5. The normalized spacial score (nSPS) is 15.0. The number of halogens is 1. The lowest BCUT2D eigenvalue weighted by Gasteiger charge is -2.23. The standard InChI is InChI=1S/C25H29FN2O/c1-17-3-5-20(23(26)13-17)14-19-9-12-28-24-15-21(25(29-2)16-22(19)24)6-4-18-7-10-27-11-8-18/h3,5,9,12-13,15-16,18,27H,4,6-8,10-11,14H2,1-2H3. The van der Waals surface area contributed by atoms with Gasteiger partial charge in [0.25, 0.3) is 0 Å². The van der Waals surface area contributed by atoms with Gasteiger partial charge in [-0.1, -0.05) is 12.1 Å². The van der Waals surface area contributed by atoms with E-state index in [-0.39, 0.29) is 5.82 Å². The maximum absolute atomic E-state index is 14.4. The molecule has 0 bridgehead atoms. The molecule has 3 nitrogen and oxygen atoms in total. The van der Waals surface area contributed by atoms with Crippen LogP contribution < -0.4 is 10.1 Å². The SMILES string of the molecule is COc1cc2c(Cc3ccc(C)cc3F)ccnc2cc1CCC1CCNCC1. The van der Waals surface area contributed by atoms with Gasteiger partial charge in [-0.2, -0.15) is 0 Å². The third-order valence-corrected chi connectivity index (χ3v) is 6.10. The fourth-order valence-electron chi connectivity index (χ4n) is 4.34. The van der Waals surface area contributed by atoms with Crippen LogP contribution in [0.15, 0.2) is 42.6 Å². The largest absolute Gasteiger partial charge is 0.496 e. The van der Waals surface area contributed by atoms with Crippen molar-refractivity contribution in [2.24, 2.45) is 5.92 Å². The van der Waals surface area contributed by atoms with Crippen molar-refractivity contribution < 1.29 is 9.13 Å². The minimum absolute atomic E-state index is 0.152. The highest BCUT2D eigenvalue weighted by Gasteiger charge is 2.16. The number of rotatable bonds is 6. The van der Waals surface area contributed by atoms with Crippen molar-refractivity contribution in [2.45, 2.75) is 39.0 Å². The van der Waals surface area contributed by atoms with Crippen LogP contribution in [-0.4, -0.2) is 25.2 Å². The number of pyridine rings is 1. The van der Waals surface area contributed by atoms with Crippen molar-refractivity contribution in [1.82, 2.24) is 10.3 Å².